The molecular weight excluding hydrogens is 300 g/mol. The fourth-order valence-electron chi connectivity index (χ4n) is 2.13. The van der Waals surface area contributed by atoms with Crippen LogP contribution in [-0.2, 0) is 0 Å². The molecule has 2 heterocycles. The number of hydrogen-bond acceptors (Lipinski definition) is 5. The van der Waals surface area contributed by atoms with Gasteiger partial charge in [-0.25, -0.2) is 13.6 Å². The smallest absolute Gasteiger partial charge is 0.374 e. The quantitative estimate of drug-likeness (QED) is 0.937. The monoisotopic (exact) mass is 311 g/mol. The highest BCUT2D eigenvalue weighted by Crippen LogP contribution is 2.40. The number of carboxylic acids is 1. The van der Waals surface area contributed by atoms with E-state index in [1.165, 1.54) is 12.1 Å². The zero-order chi connectivity index (χ0) is 15.7. The van der Waals surface area contributed by atoms with Gasteiger partial charge in [0.2, 0.25) is 5.76 Å². The van der Waals surface area contributed by atoms with Gasteiger partial charge in [0.25, 0.3) is 6.43 Å². The number of halogens is 2. The second-order valence-corrected chi connectivity index (χ2v) is 4.62. The number of benzene rings is 1. The highest BCUT2D eigenvalue weighted by molar-refractivity contribution is 5.86. The Morgan fingerprint density at radius 3 is 2.45 bits per heavy atom. The van der Waals surface area contributed by atoms with E-state index in [4.69, 9.17) is 14.6 Å². The van der Waals surface area contributed by atoms with E-state index >= 15 is 0 Å². The molecule has 1 aliphatic heterocycles. The number of alkyl halides is 2. The van der Waals surface area contributed by atoms with Crippen LogP contribution in [0.4, 0.5) is 8.78 Å². The summed E-state index contributed by atoms with van der Waals surface area (Å²) in [5.41, 5.74) is -0.270. The number of aromatic carboxylic acids is 1. The van der Waals surface area contributed by atoms with Crippen LogP contribution in [0.3, 0.4) is 0 Å². The molecule has 8 heteroatoms. The van der Waals surface area contributed by atoms with E-state index in [0.29, 0.717) is 25.4 Å². The highest BCUT2D eigenvalue weighted by atomic mass is 19.3. The van der Waals surface area contributed by atoms with Crippen molar-refractivity contribution in [2.45, 2.75) is 12.8 Å². The molecular formula is C14H11F2NO5. The van der Waals surface area contributed by atoms with Crippen LogP contribution in [0.25, 0.3) is 11.3 Å². The lowest BCUT2D eigenvalue weighted by Gasteiger charge is -2.12. The van der Waals surface area contributed by atoms with E-state index in [2.05, 4.69) is 9.68 Å². The molecule has 0 saturated heterocycles. The maximum atomic E-state index is 13.3. The molecule has 0 aliphatic carbocycles. The molecule has 6 nitrogen and oxygen atoms in total. The molecule has 0 bridgehead atoms. The van der Waals surface area contributed by atoms with Gasteiger partial charge in [-0.15, -0.1) is 0 Å². The van der Waals surface area contributed by atoms with E-state index in [1.807, 2.05) is 0 Å². The summed E-state index contributed by atoms with van der Waals surface area (Å²) in [6, 6.07) is 3.65. The Balaban J connectivity index is 2.11. The minimum absolute atomic E-state index is 0.00310. The van der Waals surface area contributed by atoms with E-state index < -0.39 is 18.2 Å². The normalized spacial score (nSPS) is 14.0. The maximum Gasteiger partial charge on any atom is 0.374 e. The van der Waals surface area contributed by atoms with Crippen molar-refractivity contribution in [2.75, 3.05) is 13.2 Å². The first-order chi connectivity index (χ1) is 10.6. The number of ether oxygens (including phenoxy) is 2. The van der Waals surface area contributed by atoms with Crippen molar-refractivity contribution < 1.29 is 32.7 Å². The number of aromatic nitrogens is 1. The van der Waals surface area contributed by atoms with E-state index in [1.54, 1.807) is 0 Å². The average molecular weight is 311 g/mol. The van der Waals surface area contributed by atoms with Gasteiger partial charge in [-0.3, -0.25) is 0 Å². The largest absolute Gasteiger partial charge is 0.490 e. The van der Waals surface area contributed by atoms with E-state index in [9.17, 15) is 13.6 Å². The Morgan fingerprint density at radius 1 is 1.18 bits per heavy atom. The molecule has 0 saturated carbocycles. The molecule has 0 spiro atoms. The fraction of sp³-hybridized carbons (Fsp3) is 0.286. The van der Waals surface area contributed by atoms with Gasteiger partial charge in [-0.1, -0.05) is 5.16 Å². The van der Waals surface area contributed by atoms with Crippen LogP contribution < -0.4 is 9.47 Å². The highest BCUT2D eigenvalue weighted by Gasteiger charge is 2.23. The zero-order valence-corrected chi connectivity index (χ0v) is 11.2. The standard InChI is InChI=1S/C14H11F2NO5/c15-13(16)8-5-11-10(20-2-1-3-21-11)4-7(8)9-6-12(14(18)19)22-17-9/h4-6,13H,1-3H2,(H,18,19). The third-order valence-electron chi connectivity index (χ3n) is 3.15. The molecule has 0 unspecified atom stereocenters. The van der Waals surface area contributed by atoms with Crippen molar-refractivity contribution in [2.24, 2.45) is 0 Å². The van der Waals surface area contributed by atoms with Crippen LogP contribution in [0, 0.1) is 0 Å². The van der Waals surface area contributed by atoms with Gasteiger partial charge in [0.05, 0.1) is 13.2 Å². The van der Waals surface area contributed by atoms with Crippen molar-refractivity contribution in [1.82, 2.24) is 5.16 Å². The lowest BCUT2D eigenvalue weighted by atomic mass is 10.0. The van der Waals surface area contributed by atoms with Crippen molar-refractivity contribution in [3.05, 3.63) is 29.5 Å². The molecule has 1 aromatic heterocycles. The molecule has 22 heavy (non-hydrogen) atoms. The number of hydrogen-bond donors (Lipinski definition) is 1. The minimum atomic E-state index is -2.78. The molecule has 0 amide bonds. The lowest BCUT2D eigenvalue weighted by molar-refractivity contribution is 0.0652. The lowest BCUT2D eigenvalue weighted by Crippen LogP contribution is -1.97. The molecule has 3 rings (SSSR count). The summed E-state index contributed by atoms with van der Waals surface area (Å²) < 4.78 is 42.0. The van der Waals surface area contributed by atoms with Crippen molar-refractivity contribution in [1.29, 1.82) is 0 Å². The molecule has 2 aromatic rings. The Kier molecular flexibility index (Phi) is 3.66. The van der Waals surface area contributed by atoms with E-state index in [0.717, 1.165) is 6.07 Å². The predicted molar refractivity (Wildman–Crippen MR) is 69.5 cm³/mol. The zero-order valence-electron chi connectivity index (χ0n) is 11.2. The summed E-state index contributed by atoms with van der Waals surface area (Å²) in [6.45, 7) is 0.780. The molecule has 116 valence electrons. The first-order valence-corrected chi connectivity index (χ1v) is 6.48. The Morgan fingerprint density at radius 2 is 1.86 bits per heavy atom. The van der Waals surface area contributed by atoms with Gasteiger partial charge in [-0.2, -0.15) is 0 Å². The third kappa shape index (κ3) is 2.59. The molecule has 1 N–H and O–H groups in total. The minimum Gasteiger partial charge on any atom is -0.490 e. The number of rotatable bonds is 3. The second-order valence-electron chi connectivity index (χ2n) is 4.62. The summed E-state index contributed by atoms with van der Waals surface area (Å²) in [5.74, 6) is -1.20. The first kappa shape index (κ1) is 14.3. The van der Waals surface area contributed by atoms with Crippen LogP contribution in [0.5, 0.6) is 11.5 Å². The molecule has 0 radical (unpaired) electrons. The predicted octanol–water partition coefficient (Wildman–Crippen LogP) is 3.14. The number of carboxylic acid groups (broad SMARTS) is 1. The van der Waals surface area contributed by atoms with Crippen LogP contribution in [0.1, 0.15) is 29.0 Å². The van der Waals surface area contributed by atoms with Gasteiger partial charge < -0.3 is 19.1 Å². The van der Waals surface area contributed by atoms with E-state index in [-0.39, 0.29) is 22.6 Å². The van der Waals surface area contributed by atoms with Gasteiger partial charge >= 0.3 is 5.97 Å². The maximum absolute atomic E-state index is 13.3. The molecule has 0 fully saturated rings. The molecule has 0 atom stereocenters. The Hall–Kier alpha value is -2.64. The topological polar surface area (TPSA) is 81.8 Å². The summed E-state index contributed by atoms with van der Waals surface area (Å²) in [6.07, 6.45) is -2.14. The van der Waals surface area contributed by atoms with Crippen LogP contribution in [0.15, 0.2) is 22.7 Å². The number of carbonyl (C=O) groups is 1. The molecule has 1 aromatic carbocycles. The SMILES string of the molecule is O=C(O)c1cc(-c2cc3c(cc2C(F)F)OCCCO3)no1. The van der Waals surface area contributed by atoms with Gasteiger partial charge in [0.1, 0.15) is 5.69 Å². The number of fused-ring (bicyclic) bond motifs is 1. The molecule has 1 aliphatic rings. The van der Waals surface area contributed by atoms with Crippen LogP contribution >= 0.6 is 0 Å². The van der Waals surface area contributed by atoms with Gasteiger partial charge in [-0.05, 0) is 12.1 Å². The van der Waals surface area contributed by atoms with Gasteiger partial charge in [0.15, 0.2) is 11.5 Å². The van der Waals surface area contributed by atoms with Crippen LogP contribution in [-0.4, -0.2) is 29.4 Å². The van der Waals surface area contributed by atoms with Crippen molar-refractivity contribution >= 4 is 5.97 Å². The second kappa shape index (κ2) is 5.63. The van der Waals surface area contributed by atoms with Gasteiger partial charge in [0, 0.05) is 23.6 Å². The van der Waals surface area contributed by atoms with Crippen molar-refractivity contribution in [3.63, 3.8) is 0 Å². The Labute approximate surface area is 123 Å². The Bertz CT molecular complexity index is 713. The average Bonchev–Trinajstić information content (AvgIpc) is 2.86. The summed E-state index contributed by atoms with van der Waals surface area (Å²) in [4.78, 5) is 10.8. The first-order valence-electron chi connectivity index (χ1n) is 6.48. The fourth-order valence-corrected chi connectivity index (χ4v) is 2.13. The summed E-state index contributed by atoms with van der Waals surface area (Å²) in [7, 11) is 0. The number of nitrogens with zero attached hydrogens (tertiary/aromatic N) is 1. The van der Waals surface area contributed by atoms with Crippen molar-refractivity contribution in [3.8, 4) is 22.8 Å². The summed E-state index contributed by atoms with van der Waals surface area (Å²) in [5, 5.41) is 12.4. The third-order valence-corrected chi connectivity index (χ3v) is 3.15. The summed E-state index contributed by atoms with van der Waals surface area (Å²) >= 11 is 0. The van der Waals surface area contributed by atoms with Crippen LogP contribution in [0.2, 0.25) is 0 Å².